The van der Waals surface area contributed by atoms with Crippen LogP contribution in [-0.4, -0.2) is 9.38 Å². The Morgan fingerprint density at radius 1 is 0.674 bits per heavy atom. The van der Waals surface area contributed by atoms with Gasteiger partial charge in [0.25, 0.3) is 0 Å². The van der Waals surface area contributed by atoms with Crippen molar-refractivity contribution >= 4 is 32.9 Å². The molecule has 1 saturated carbocycles. The van der Waals surface area contributed by atoms with E-state index in [0.717, 1.165) is 23.9 Å². The Bertz CT molecular complexity index is 1830. The van der Waals surface area contributed by atoms with Crippen LogP contribution >= 0.6 is 0 Å². The Morgan fingerprint density at radius 3 is 2.02 bits per heavy atom. The van der Waals surface area contributed by atoms with Gasteiger partial charge in [0.05, 0.1) is 17.4 Å². The zero-order valence-electron chi connectivity index (χ0n) is 27.1. The van der Waals surface area contributed by atoms with E-state index in [1.54, 1.807) is 0 Å². The van der Waals surface area contributed by atoms with Crippen LogP contribution in [0.15, 0.2) is 79.0 Å². The first-order chi connectivity index (χ1) is 20.6. The largest absolute Gasteiger partial charge is 0.292 e. The van der Waals surface area contributed by atoms with Gasteiger partial charge in [-0.2, -0.15) is 0 Å². The van der Waals surface area contributed by atoms with E-state index in [-0.39, 0.29) is 0 Å². The molecule has 1 unspecified atom stereocenters. The quantitative estimate of drug-likeness (QED) is 0.198. The molecule has 0 N–H and O–H groups in total. The van der Waals surface area contributed by atoms with Gasteiger partial charge < -0.3 is 0 Å². The highest BCUT2D eigenvalue weighted by Crippen LogP contribution is 2.49. The van der Waals surface area contributed by atoms with Crippen LogP contribution in [0.1, 0.15) is 104 Å². The fourth-order valence-electron chi connectivity index (χ4n) is 8.37. The number of aromatic nitrogens is 2. The van der Waals surface area contributed by atoms with Gasteiger partial charge in [0, 0.05) is 16.3 Å². The lowest BCUT2D eigenvalue weighted by Crippen LogP contribution is -2.25. The number of nitrogens with zero attached hydrogens (tertiary/aromatic N) is 2. The summed E-state index contributed by atoms with van der Waals surface area (Å²) in [5.41, 5.74) is 10.2. The Balaban J connectivity index is 1.45. The lowest BCUT2D eigenvalue weighted by Gasteiger charge is -2.38. The summed E-state index contributed by atoms with van der Waals surface area (Å²) in [5, 5.41) is 3.79. The second-order valence-corrected chi connectivity index (χ2v) is 15.6. The molecule has 0 radical (unpaired) electrons. The lowest BCUT2D eigenvalue weighted by atomic mass is 9.67. The number of rotatable bonds is 3. The van der Waals surface area contributed by atoms with Crippen molar-refractivity contribution in [1.29, 1.82) is 0 Å². The summed E-state index contributed by atoms with van der Waals surface area (Å²) in [6, 6.07) is 24.9. The maximum absolute atomic E-state index is 5.18. The molecule has 2 heterocycles. The molecular weight excluding hydrogens is 520 g/mol. The summed E-state index contributed by atoms with van der Waals surface area (Å²) >= 11 is 0. The highest BCUT2D eigenvalue weighted by atomic mass is 15.0. The van der Waals surface area contributed by atoms with E-state index in [0.29, 0.717) is 16.7 Å². The van der Waals surface area contributed by atoms with Gasteiger partial charge in [-0.15, -0.1) is 0 Å². The molecule has 1 fully saturated rings. The molecule has 0 bridgehead atoms. The molecule has 3 aromatic carbocycles. The van der Waals surface area contributed by atoms with Crippen LogP contribution < -0.4 is 0 Å². The summed E-state index contributed by atoms with van der Waals surface area (Å²) in [4.78, 5) is 5.18. The number of fused-ring (bicyclic) bond motifs is 6. The summed E-state index contributed by atoms with van der Waals surface area (Å²) in [6.45, 7) is 14.5. The van der Waals surface area contributed by atoms with Crippen molar-refractivity contribution in [2.75, 3.05) is 0 Å². The smallest absolute Gasteiger partial charge is 0.145 e. The van der Waals surface area contributed by atoms with E-state index >= 15 is 0 Å². The number of imidazole rings is 1. The first-order valence-electron chi connectivity index (χ1n) is 16.7. The standard InChI is InChI=1S/C41H48N2/c1-40(2,3)29-22-18-27(19-23-29)31-15-11-16-32(28-20-24-30(25-21-28)41(4,5)6)38(31)37-26-42-39-35-14-8-7-12-33(35)34-13-9-10-17-36(34)43(37)39/h7-18,26,28-30H,19-25H2,1-6H3. The highest BCUT2D eigenvalue weighted by molar-refractivity contribution is 6.12. The van der Waals surface area contributed by atoms with Crippen molar-refractivity contribution in [2.45, 2.75) is 92.4 Å². The van der Waals surface area contributed by atoms with E-state index in [9.17, 15) is 0 Å². The number of allylic oxidation sites excluding steroid dienone is 2. The van der Waals surface area contributed by atoms with Crippen molar-refractivity contribution < 1.29 is 0 Å². The minimum Gasteiger partial charge on any atom is -0.292 e. The molecule has 2 heteroatoms. The molecule has 5 aromatic rings. The summed E-state index contributed by atoms with van der Waals surface area (Å²) < 4.78 is 2.47. The Morgan fingerprint density at radius 2 is 1.35 bits per heavy atom. The molecule has 2 aliphatic carbocycles. The van der Waals surface area contributed by atoms with E-state index in [2.05, 4.69) is 125 Å². The Hall–Kier alpha value is -3.39. The van der Waals surface area contributed by atoms with E-state index in [1.807, 2.05) is 0 Å². The maximum Gasteiger partial charge on any atom is 0.145 e. The minimum atomic E-state index is 0.347. The number of para-hydroxylation sites is 1. The summed E-state index contributed by atoms with van der Waals surface area (Å²) in [7, 11) is 0. The molecule has 7 rings (SSSR count). The number of pyridine rings is 1. The van der Waals surface area contributed by atoms with Crippen molar-refractivity contribution in [1.82, 2.24) is 9.38 Å². The topological polar surface area (TPSA) is 17.3 Å². The van der Waals surface area contributed by atoms with Crippen molar-refractivity contribution in [3.8, 4) is 11.3 Å². The van der Waals surface area contributed by atoms with Crippen LogP contribution in [0.3, 0.4) is 0 Å². The van der Waals surface area contributed by atoms with E-state index in [4.69, 9.17) is 4.98 Å². The van der Waals surface area contributed by atoms with Gasteiger partial charge in [0.1, 0.15) is 5.65 Å². The monoisotopic (exact) mass is 568 g/mol. The molecule has 2 aliphatic rings. The minimum absolute atomic E-state index is 0.347. The second-order valence-electron chi connectivity index (χ2n) is 15.6. The zero-order valence-corrected chi connectivity index (χ0v) is 27.1. The Labute approximate surface area is 258 Å². The third-order valence-corrected chi connectivity index (χ3v) is 11.1. The molecule has 0 saturated heterocycles. The van der Waals surface area contributed by atoms with Gasteiger partial charge in [0.15, 0.2) is 0 Å². The highest BCUT2D eigenvalue weighted by Gasteiger charge is 2.33. The average molecular weight is 569 g/mol. The third kappa shape index (κ3) is 5.01. The second kappa shape index (κ2) is 10.7. The molecule has 1 atom stereocenters. The van der Waals surface area contributed by atoms with Crippen LogP contribution in [-0.2, 0) is 0 Å². The molecule has 0 amide bonds. The normalized spacial score (nSPS) is 21.9. The van der Waals surface area contributed by atoms with Gasteiger partial charge >= 0.3 is 0 Å². The molecule has 43 heavy (non-hydrogen) atoms. The first kappa shape index (κ1) is 28.4. The van der Waals surface area contributed by atoms with Crippen molar-refractivity contribution in [2.24, 2.45) is 22.7 Å². The van der Waals surface area contributed by atoms with Crippen molar-refractivity contribution in [3.05, 3.63) is 90.1 Å². The third-order valence-electron chi connectivity index (χ3n) is 11.1. The molecule has 2 aromatic heterocycles. The fraction of sp³-hybridized carbons (Fsp3) is 0.439. The van der Waals surface area contributed by atoms with Crippen LogP contribution in [0.2, 0.25) is 0 Å². The van der Waals surface area contributed by atoms with Crippen molar-refractivity contribution in [3.63, 3.8) is 0 Å². The van der Waals surface area contributed by atoms with E-state index in [1.165, 1.54) is 88.2 Å². The maximum atomic E-state index is 5.18. The molecule has 2 nitrogen and oxygen atoms in total. The van der Waals surface area contributed by atoms with Gasteiger partial charge in [-0.1, -0.05) is 108 Å². The lowest BCUT2D eigenvalue weighted by molar-refractivity contribution is 0.169. The number of hydrogen-bond donors (Lipinski definition) is 0. The zero-order chi connectivity index (χ0) is 29.9. The summed E-state index contributed by atoms with van der Waals surface area (Å²) in [6.07, 6.45) is 13.5. The molecule has 0 spiro atoms. The van der Waals surface area contributed by atoms with E-state index < -0.39 is 0 Å². The van der Waals surface area contributed by atoms with Gasteiger partial charge in [-0.05, 0) is 102 Å². The van der Waals surface area contributed by atoms with Crippen LogP contribution in [0.25, 0.3) is 44.2 Å². The predicted octanol–water partition coefficient (Wildman–Crippen LogP) is 11.9. The number of hydrogen-bond acceptors (Lipinski definition) is 1. The summed E-state index contributed by atoms with van der Waals surface area (Å²) in [5.74, 6) is 2.12. The van der Waals surface area contributed by atoms with Gasteiger partial charge in [-0.3, -0.25) is 4.40 Å². The average Bonchev–Trinajstić information content (AvgIpc) is 3.46. The first-order valence-corrected chi connectivity index (χ1v) is 16.7. The predicted molar refractivity (Wildman–Crippen MR) is 185 cm³/mol. The molecule has 0 aliphatic heterocycles. The van der Waals surface area contributed by atoms with Crippen LogP contribution in [0.5, 0.6) is 0 Å². The molecular formula is C41H48N2. The van der Waals surface area contributed by atoms with Gasteiger partial charge in [0.2, 0.25) is 0 Å². The fourth-order valence-corrected chi connectivity index (χ4v) is 8.37. The SMILES string of the molecule is CC(C)(C)C1CC=C(c2cccc(C3CCC(C(C)(C)C)CC3)c2-c2cnc3c4ccccc4c4ccccc4n23)CC1. The van der Waals surface area contributed by atoms with Crippen LogP contribution in [0.4, 0.5) is 0 Å². The molecule has 222 valence electrons. The number of benzene rings is 3. The Kier molecular flexibility index (Phi) is 7.03. The van der Waals surface area contributed by atoms with Crippen LogP contribution in [0, 0.1) is 22.7 Å². The van der Waals surface area contributed by atoms with Gasteiger partial charge in [-0.25, -0.2) is 4.98 Å².